The van der Waals surface area contributed by atoms with E-state index in [0.29, 0.717) is 16.9 Å². The van der Waals surface area contributed by atoms with E-state index in [1.807, 2.05) is 26.8 Å². The highest BCUT2D eigenvalue weighted by Gasteiger charge is 2.49. The van der Waals surface area contributed by atoms with Crippen LogP contribution >= 0.6 is 11.3 Å². The molecule has 7 nitrogen and oxygen atoms in total. The summed E-state index contributed by atoms with van der Waals surface area (Å²) < 4.78 is 0.589. The van der Waals surface area contributed by atoms with Gasteiger partial charge in [-0.05, 0) is 11.5 Å². The highest BCUT2D eigenvalue weighted by Crippen LogP contribution is 2.45. The number of nitrogens with one attached hydrogen (secondary N) is 2. The van der Waals surface area contributed by atoms with Crippen molar-refractivity contribution < 1.29 is 9.90 Å². The van der Waals surface area contributed by atoms with Crippen molar-refractivity contribution in [3.05, 3.63) is 40.1 Å². The summed E-state index contributed by atoms with van der Waals surface area (Å²) in [6.45, 7) is 7.74. The van der Waals surface area contributed by atoms with Crippen molar-refractivity contribution in [1.29, 1.82) is 0 Å². The van der Waals surface area contributed by atoms with E-state index >= 15 is 0 Å². The van der Waals surface area contributed by atoms with Gasteiger partial charge in [0.1, 0.15) is 10.3 Å². The van der Waals surface area contributed by atoms with Crippen LogP contribution in [0, 0.1) is 5.41 Å². The number of hydrogen-bond donors (Lipinski definition) is 3. The molecule has 0 saturated carbocycles. The summed E-state index contributed by atoms with van der Waals surface area (Å²) in [6, 6.07) is 1.95. The van der Waals surface area contributed by atoms with Gasteiger partial charge >= 0.3 is 0 Å². The molecule has 1 aliphatic heterocycles. The first-order valence-corrected chi connectivity index (χ1v) is 9.59. The molecular weight excluding hydrogens is 364 g/mol. The Balaban J connectivity index is 2.03. The predicted molar refractivity (Wildman–Crippen MR) is 104 cm³/mol. The van der Waals surface area contributed by atoms with Crippen LogP contribution in [0.5, 0.6) is 0 Å². The van der Waals surface area contributed by atoms with Crippen LogP contribution in [0.15, 0.2) is 23.3 Å². The quantitative estimate of drug-likeness (QED) is 0.598. The van der Waals surface area contributed by atoms with Crippen molar-refractivity contribution in [1.82, 2.24) is 20.1 Å². The van der Waals surface area contributed by atoms with Gasteiger partial charge in [-0.2, -0.15) is 5.10 Å². The van der Waals surface area contributed by atoms with Crippen LogP contribution in [-0.2, 0) is 16.9 Å². The van der Waals surface area contributed by atoms with E-state index in [9.17, 15) is 14.7 Å². The summed E-state index contributed by atoms with van der Waals surface area (Å²) in [4.78, 5) is 30.4. The van der Waals surface area contributed by atoms with Crippen LogP contribution in [0.1, 0.15) is 39.0 Å². The fourth-order valence-electron chi connectivity index (χ4n) is 3.65. The smallest absolute Gasteiger partial charge is 0.266 e. The van der Waals surface area contributed by atoms with Crippen molar-refractivity contribution in [2.75, 3.05) is 6.54 Å². The first-order valence-electron chi connectivity index (χ1n) is 8.78. The van der Waals surface area contributed by atoms with Gasteiger partial charge in [-0.3, -0.25) is 14.7 Å². The Morgan fingerprint density at radius 3 is 2.74 bits per heavy atom. The van der Waals surface area contributed by atoms with Gasteiger partial charge in [0.15, 0.2) is 0 Å². The number of amides is 1. The molecule has 0 bridgehead atoms. The van der Waals surface area contributed by atoms with Gasteiger partial charge in [-0.25, -0.2) is 0 Å². The second-order valence-electron chi connectivity index (χ2n) is 8.13. The Morgan fingerprint density at radius 1 is 1.41 bits per heavy atom. The molecule has 0 spiro atoms. The van der Waals surface area contributed by atoms with Crippen molar-refractivity contribution in [3.63, 3.8) is 0 Å². The first kappa shape index (κ1) is 17.9. The van der Waals surface area contributed by atoms with Gasteiger partial charge in [-0.15, -0.1) is 11.3 Å². The molecule has 0 saturated heterocycles. The molecule has 1 amide bonds. The minimum Gasteiger partial charge on any atom is -0.381 e. The highest BCUT2D eigenvalue weighted by atomic mass is 32.1. The van der Waals surface area contributed by atoms with Crippen molar-refractivity contribution >= 4 is 27.3 Å². The fraction of sp³-hybridized carbons (Fsp3) is 0.421. The van der Waals surface area contributed by atoms with Gasteiger partial charge in [0.2, 0.25) is 5.91 Å². The molecule has 4 rings (SSSR count). The zero-order chi connectivity index (χ0) is 19.6. The van der Waals surface area contributed by atoms with Crippen LogP contribution in [0.2, 0.25) is 0 Å². The predicted octanol–water partition coefficient (Wildman–Crippen LogP) is 2.58. The molecule has 0 aliphatic carbocycles. The maximum absolute atomic E-state index is 12.8. The zero-order valence-electron chi connectivity index (χ0n) is 15.7. The van der Waals surface area contributed by atoms with E-state index in [0.717, 1.165) is 21.4 Å². The standard InChI is InChI=1S/C19H22N4O3S/c1-10(24)23-8-13-12-5-14(11-6-20-21-7-11)27-15(12)17(25)22-16(13)19(26,9-23)18(2,3)4/h5-7,26H,8-9H2,1-4H3,(H,20,21)(H,22,25). The summed E-state index contributed by atoms with van der Waals surface area (Å²) >= 11 is 1.38. The number of aliphatic hydroxyl groups is 1. The Hall–Kier alpha value is -2.45. The molecule has 1 unspecified atom stereocenters. The lowest BCUT2D eigenvalue weighted by Crippen LogP contribution is -2.55. The highest BCUT2D eigenvalue weighted by molar-refractivity contribution is 7.22. The van der Waals surface area contributed by atoms with Crippen LogP contribution < -0.4 is 5.56 Å². The molecule has 3 N–H and O–H groups in total. The molecule has 0 aromatic carbocycles. The fourth-order valence-corrected chi connectivity index (χ4v) is 4.71. The second kappa shape index (κ2) is 5.77. The maximum atomic E-state index is 12.8. The Labute approximate surface area is 160 Å². The number of hydrogen-bond acceptors (Lipinski definition) is 5. The van der Waals surface area contributed by atoms with Gasteiger partial charge < -0.3 is 15.0 Å². The molecule has 4 heterocycles. The number of pyridine rings is 1. The molecular formula is C19H22N4O3S. The van der Waals surface area contributed by atoms with Crippen molar-refractivity contribution in [2.24, 2.45) is 5.41 Å². The second-order valence-corrected chi connectivity index (χ2v) is 9.19. The third-order valence-electron chi connectivity index (χ3n) is 5.45. The van der Waals surface area contributed by atoms with Crippen LogP contribution in [0.4, 0.5) is 0 Å². The minimum atomic E-state index is -1.35. The van der Waals surface area contributed by atoms with Crippen molar-refractivity contribution in [2.45, 2.75) is 39.8 Å². The lowest BCUT2D eigenvalue weighted by atomic mass is 9.70. The van der Waals surface area contributed by atoms with E-state index in [1.165, 1.54) is 18.3 Å². The van der Waals surface area contributed by atoms with E-state index in [-0.39, 0.29) is 18.0 Å². The lowest BCUT2D eigenvalue weighted by Gasteiger charge is -2.47. The molecule has 3 aromatic rings. The van der Waals surface area contributed by atoms with E-state index in [2.05, 4.69) is 15.2 Å². The topological polar surface area (TPSA) is 102 Å². The van der Waals surface area contributed by atoms with Crippen LogP contribution in [0.3, 0.4) is 0 Å². The monoisotopic (exact) mass is 386 g/mol. The third-order valence-corrected chi connectivity index (χ3v) is 6.64. The van der Waals surface area contributed by atoms with Gasteiger partial charge in [0.25, 0.3) is 5.56 Å². The molecule has 0 radical (unpaired) electrons. The summed E-state index contributed by atoms with van der Waals surface area (Å²) in [5.41, 5.74) is 0.0703. The number of fused-ring (bicyclic) bond motifs is 3. The number of H-pyrrole nitrogens is 2. The van der Waals surface area contributed by atoms with Crippen LogP contribution in [0.25, 0.3) is 20.5 Å². The molecule has 0 fully saturated rings. The largest absolute Gasteiger partial charge is 0.381 e. The number of β-amino-alcohol motifs (C(OH)–C–C–N with tert-alkyl or cyclic N) is 1. The molecule has 8 heteroatoms. The third kappa shape index (κ3) is 2.62. The van der Waals surface area contributed by atoms with E-state index < -0.39 is 11.0 Å². The number of thiophene rings is 1. The number of carbonyl (C=O) groups is 1. The Morgan fingerprint density at radius 2 is 2.15 bits per heavy atom. The van der Waals surface area contributed by atoms with Crippen molar-refractivity contribution in [3.8, 4) is 10.4 Å². The van der Waals surface area contributed by atoms with E-state index in [4.69, 9.17) is 0 Å². The molecule has 142 valence electrons. The molecule has 3 aromatic heterocycles. The Kier molecular flexibility index (Phi) is 3.83. The number of aromatic nitrogens is 3. The lowest BCUT2D eigenvalue weighted by molar-refractivity contribution is -0.143. The van der Waals surface area contributed by atoms with E-state index in [1.54, 1.807) is 17.3 Å². The average Bonchev–Trinajstić information content (AvgIpc) is 3.24. The normalized spacial score (nSPS) is 20.1. The minimum absolute atomic E-state index is 0.104. The Bertz CT molecular complexity index is 1090. The SMILES string of the molecule is CC(=O)N1Cc2c([nH]c(=O)c3sc(-c4cn[nH]c4)cc23)C(O)(C(C)(C)C)C1. The summed E-state index contributed by atoms with van der Waals surface area (Å²) in [5.74, 6) is -0.104. The number of nitrogens with zero attached hydrogens (tertiary/aromatic N) is 2. The van der Waals surface area contributed by atoms with Gasteiger partial charge in [0.05, 0.1) is 18.4 Å². The number of rotatable bonds is 1. The summed E-state index contributed by atoms with van der Waals surface area (Å²) in [7, 11) is 0. The summed E-state index contributed by atoms with van der Waals surface area (Å²) in [6.07, 6.45) is 3.48. The summed E-state index contributed by atoms with van der Waals surface area (Å²) in [5, 5.41) is 19.1. The maximum Gasteiger partial charge on any atom is 0.266 e. The first-order chi connectivity index (χ1) is 12.6. The average molecular weight is 386 g/mol. The van der Waals surface area contributed by atoms with Crippen LogP contribution in [-0.4, -0.2) is 37.6 Å². The van der Waals surface area contributed by atoms with Gasteiger partial charge in [0, 0.05) is 41.1 Å². The molecule has 27 heavy (non-hydrogen) atoms. The molecule has 1 aliphatic rings. The molecule has 1 atom stereocenters. The number of carbonyl (C=O) groups excluding carboxylic acids is 1. The number of aromatic amines is 2. The van der Waals surface area contributed by atoms with Gasteiger partial charge in [-0.1, -0.05) is 20.8 Å². The zero-order valence-corrected chi connectivity index (χ0v) is 16.5.